The van der Waals surface area contributed by atoms with Crippen molar-refractivity contribution < 1.29 is 51.3 Å². The molecule has 4 rings (SSSR count). The van der Waals surface area contributed by atoms with Gasteiger partial charge in [0.2, 0.25) is 11.8 Å². The Balaban J connectivity index is 1.65. The van der Waals surface area contributed by atoms with Crippen LogP contribution < -0.4 is 4.90 Å². The number of halogens is 6. The van der Waals surface area contributed by atoms with Crippen LogP contribution in [0.15, 0.2) is 59.2 Å². The largest absolute Gasteiger partial charge is 0.508 e. The SMILES string of the molecule is CCC1=C([C@H](O)CC/C(C)=C/c2cccc(O)c2)[C@H](CO)[C@@H]2C(=O)N(c3cc(C(F)(F)F)cc(C(F)(F)F)c3)C(=O)[C@@H]2C1. The maximum atomic E-state index is 13.6. The van der Waals surface area contributed by atoms with E-state index in [9.17, 15) is 51.3 Å². The molecule has 0 unspecified atom stereocenters. The van der Waals surface area contributed by atoms with Crippen molar-refractivity contribution in [2.45, 2.75) is 58.0 Å². The standard InChI is InChI=1S/C31H31F6NO5/c1-3-18-11-23-27(24(15-39)26(18)25(41)8-7-16(2)9-17-5-4-6-22(40)10-17)29(43)38(28(23)42)21-13-19(30(32,33)34)12-20(14-21)31(35,36)37/h4-6,9-10,12-14,23-25,27,39-41H,3,7-8,11,15H2,1-2H3/b16-9+/t23-,24+,25-,27-/m1/s1. The predicted molar refractivity (Wildman–Crippen MR) is 145 cm³/mol. The molecule has 0 aromatic heterocycles. The summed E-state index contributed by atoms with van der Waals surface area (Å²) in [4.78, 5) is 27.4. The molecule has 0 radical (unpaired) electrons. The molecule has 2 aromatic rings. The summed E-state index contributed by atoms with van der Waals surface area (Å²) < 4.78 is 81.0. The molecule has 4 atom stereocenters. The number of phenols is 1. The topological polar surface area (TPSA) is 98.1 Å². The fourth-order valence-electron chi connectivity index (χ4n) is 6.11. The number of nitrogens with zero attached hydrogens (tertiary/aromatic N) is 1. The van der Waals surface area contributed by atoms with Crippen molar-refractivity contribution in [3.8, 4) is 5.75 Å². The van der Waals surface area contributed by atoms with Crippen LogP contribution in [-0.2, 0) is 21.9 Å². The number of imide groups is 1. The first-order valence-corrected chi connectivity index (χ1v) is 13.7. The van der Waals surface area contributed by atoms with Crippen LogP contribution in [-0.4, -0.2) is 39.8 Å². The van der Waals surface area contributed by atoms with Gasteiger partial charge in [0.1, 0.15) is 5.75 Å². The zero-order valence-corrected chi connectivity index (χ0v) is 23.3. The lowest BCUT2D eigenvalue weighted by molar-refractivity contribution is -0.143. The van der Waals surface area contributed by atoms with Crippen molar-refractivity contribution in [1.29, 1.82) is 0 Å². The van der Waals surface area contributed by atoms with E-state index in [0.29, 0.717) is 41.0 Å². The van der Waals surface area contributed by atoms with Gasteiger partial charge in [-0.3, -0.25) is 9.59 Å². The summed E-state index contributed by atoms with van der Waals surface area (Å²) in [7, 11) is 0. The van der Waals surface area contributed by atoms with Crippen molar-refractivity contribution >= 4 is 23.6 Å². The second-order valence-corrected chi connectivity index (χ2v) is 11.0. The van der Waals surface area contributed by atoms with Gasteiger partial charge >= 0.3 is 12.4 Å². The fraction of sp³-hybridized carbons (Fsp3) is 0.419. The second-order valence-electron chi connectivity index (χ2n) is 11.0. The number of benzene rings is 2. The quantitative estimate of drug-likeness (QED) is 0.180. The number of aliphatic hydroxyl groups excluding tert-OH is 2. The number of rotatable bonds is 8. The van der Waals surface area contributed by atoms with E-state index in [0.717, 1.165) is 11.1 Å². The van der Waals surface area contributed by atoms with E-state index in [1.54, 1.807) is 25.1 Å². The van der Waals surface area contributed by atoms with Gasteiger partial charge in [0, 0.05) is 5.92 Å². The van der Waals surface area contributed by atoms with Crippen LogP contribution in [0.4, 0.5) is 32.0 Å². The highest BCUT2D eigenvalue weighted by molar-refractivity contribution is 6.22. The van der Waals surface area contributed by atoms with E-state index in [-0.39, 0.29) is 24.7 Å². The van der Waals surface area contributed by atoms with Gasteiger partial charge in [0.05, 0.1) is 41.4 Å². The van der Waals surface area contributed by atoms with Gasteiger partial charge in [0.25, 0.3) is 0 Å². The Morgan fingerprint density at radius 2 is 1.65 bits per heavy atom. The van der Waals surface area contributed by atoms with Crippen molar-refractivity contribution in [1.82, 2.24) is 0 Å². The molecule has 12 heteroatoms. The summed E-state index contributed by atoms with van der Waals surface area (Å²) in [5.41, 5.74) is -1.61. The minimum Gasteiger partial charge on any atom is -0.508 e. The number of hydrogen-bond donors (Lipinski definition) is 3. The Bertz CT molecular complexity index is 1430. The Labute approximate surface area is 243 Å². The lowest BCUT2D eigenvalue weighted by Crippen LogP contribution is -2.39. The number of anilines is 1. The van der Waals surface area contributed by atoms with Crippen LogP contribution in [0.5, 0.6) is 5.75 Å². The lowest BCUT2D eigenvalue weighted by atomic mass is 9.67. The van der Waals surface area contributed by atoms with Gasteiger partial charge in [-0.1, -0.05) is 36.3 Å². The van der Waals surface area contributed by atoms with Gasteiger partial charge in [-0.2, -0.15) is 26.3 Å². The van der Waals surface area contributed by atoms with E-state index in [4.69, 9.17) is 0 Å². The number of aliphatic hydroxyl groups is 2. The molecule has 1 fully saturated rings. The van der Waals surface area contributed by atoms with Crippen LogP contribution in [0.1, 0.15) is 56.2 Å². The Morgan fingerprint density at radius 1 is 1.02 bits per heavy atom. The maximum absolute atomic E-state index is 13.6. The first-order valence-electron chi connectivity index (χ1n) is 13.7. The van der Waals surface area contributed by atoms with E-state index in [1.807, 2.05) is 13.0 Å². The first-order chi connectivity index (χ1) is 20.1. The summed E-state index contributed by atoms with van der Waals surface area (Å²) in [5.74, 6) is -5.34. The molecule has 43 heavy (non-hydrogen) atoms. The zero-order valence-electron chi connectivity index (χ0n) is 23.3. The molecule has 2 aromatic carbocycles. The van der Waals surface area contributed by atoms with Crippen LogP contribution >= 0.6 is 0 Å². The third kappa shape index (κ3) is 6.65. The molecular formula is C31H31F6NO5. The number of phenolic OH excluding ortho intramolecular Hbond substituents is 1. The number of carbonyl (C=O) groups is 2. The van der Waals surface area contributed by atoms with Gasteiger partial charge in [-0.15, -0.1) is 0 Å². The Morgan fingerprint density at radius 3 is 2.19 bits per heavy atom. The number of carbonyl (C=O) groups excluding carboxylic acids is 2. The van der Waals surface area contributed by atoms with Crippen LogP contribution in [0.2, 0.25) is 0 Å². The summed E-state index contributed by atoms with van der Waals surface area (Å²) in [6, 6.07) is 7.15. The van der Waals surface area contributed by atoms with Gasteiger partial charge < -0.3 is 15.3 Å². The third-order valence-corrected chi connectivity index (χ3v) is 8.09. The molecular weight excluding hydrogens is 580 g/mol. The van der Waals surface area contributed by atoms with Gasteiger partial charge in [-0.25, -0.2) is 4.90 Å². The monoisotopic (exact) mass is 611 g/mol. The highest BCUT2D eigenvalue weighted by Crippen LogP contribution is 2.49. The minimum atomic E-state index is -5.18. The molecule has 2 amide bonds. The van der Waals surface area contributed by atoms with Crippen molar-refractivity contribution in [2.24, 2.45) is 17.8 Å². The van der Waals surface area contributed by atoms with E-state index >= 15 is 0 Å². The van der Waals surface area contributed by atoms with E-state index in [2.05, 4.69) is 0 Å². The molecule has 1 heterocycles. The summed E-state index contributed by atoms with van der Waals surface area (Å²) in [6.07, 6.45) is -8.78. The normalized spacial score (nSPS) is 22.3. The first kappa shape index (κ1) is 32.3. The number of aromatic hydroxyl groups is 1. The average molecular weight is 612 g/mol. The third-order valence-electron chi connectivity index (χ3n) is 8.09. The minimum absolute atomic E-state index is 0.0334. The number of hydrogen-bond acceptors (Lipinski definition) is 5. The molecule has 0 spiro atoms. The number of allylic oxidation sites excluding steroid dienone is 2. The Kier molecular flexibility index (Phi) is 9.13. The smallest absolute Gasteiger partial charge is 0.416 e. The summed E-state index contributed by atoms with van der Waals surface area (Å²) in [5, 5.41) is 31.3. The molecule has 232 valence electrons. The molecule has 1 saturated heterocycles. The zero-order chi connectivity index (χ0) is 31.9. The molecule has 0 bridgehead atoms. The Hall–Kier alpha value is -3.64. The van der Waals surface area contributed by atoms with Crippen molar-refractivity contribution in [3.05, 3.63) is 75.9 Å². The summed E-state index contributed by atoms with van der Waals surface area (Å²) in [6.45, 7) is 2.91. The molecule has 3 N–H and O–H groups in total. The van der Waals surface area contributed by atoms with Crippen LogP contribution in [0, 0.1) is 17.8 Å². The van der Waals surface area contributed by atoms with Gasteiger partial charge in [0.15, 0.2) is 0 Å². The fourth-order valence-corrected chi connectivity index (χ4v) is 6.11. The number of alkyl halides is 6. The highest BCUT2D eigenvalue weighted by atomic mass is 19.4. The molecule has 2 aliphatic rings. The maximum Gasteiger partial charge on any atom is 0.416 e. The van der Waals surface area contributed by atoms with E-state index in [1.165, 1.54) is 6.07 Å². The number of fused-ring (bicyclic) bond motifs is 1. The molecule has 6 nitrogen and oxygen atoms in total. The predicted octanol–water partition coefficient (Wildman–Crippen LogP) is 6.50. The van der Waals surface area contributed by atoms with Crippen molar-refractivity contribution in [2.75, 3.05) is 11.5 Å². The van der Waals surface area contributed by atoms with E-state index < -0.39 is 71.4 Å². The lowest BCUT2D eigenvalue weighted by Gasteiger charge is -2.36. The second kappa shape index (κ2) is 12.2. The van der Waals surface area contributed by atoms with Gasteiger partial charge in [-0.05, 0) is 74.1 Å². The summed E-state index contributed by atoms with van der Waals surface area (Å²) >= 11 is 0. The van der Waals surface area contributed by atoms with Crippen LogP contribution in [0.25, 0.3) is 6.08 Å². The molecule has 0 saturated carbocycles. The molecule has 1 aliphatic heterocycles. The van der Waals surface area contributed by atoms with Crippen molar-refractivity contribution in [3.63, 3.8) is 0 Å². The van der Waals surface area contributed by atoms with Crippen LogP contribution in [0.3, 0.4) is 0 Å². The number of amides is 2. The highest BCUT2D eigenvalue weighted by Gasteiger charge is 2.55. The molecule has 1 aliphatic carbocycles. The average Bonchev–Trinajstić information content (AvgIpc) is 3.18.